The van der Waals surface area contributed by atoms with Crippen LogP contribution in [0.4, 0.5) is 34.1 Å². The molecule has 26 rings (SSSR count). The Labute approximate surface area is 748 Å². The minimum Gasteiger partial charge on any atom is -0.311 e. The summed E-state index contributed by atoms with van der Waals surface area (Å²) < 4.78 is 2.63. The van der Waals surface area contributed by atoms with Crippen molar-refractivity contribution in [2.24, 2.45) is 0 Å². The summed E-state index contributed by atoms with van der Waals surface area (Å²) in [6, 6.07) is 164. The average molecular weight is 1630 g/mol. The number of hydrogen-bond donors (Lipinski definition) is 0. The number of benzene rings is 19. The van der Waals surface area contributed by atoms with E-state index >= 15 is 0 Å². The molecular weight excluding hydrogens is 1540 g/mol. The van der Waals surface area contributed by atoms with Gasteiger partial charge in [0, 0.05) is 44.6 Å². The number of fused-ring (bicyclic) bond motifs is 27. The minimum absolute atomic E-state index is 0.124. The van der Waals surface area contributed by atoms with Gasteiger partial charge in [-0.25, -0.2) is 0 Å². The summed E-state index contributed by atoms with van der Waals surface area (Å²) in [5.74, 6) is 0. The zero-order valence-corrected chi connectivity index (χ0v) is 72.3. The molecule has 0 N–H and O–H groups in total. The van der Waals surface area contributed by atoms with Gasteiger partial charge in [0.05, 0.1) is 38.9 Å². The average Bonchev–Trinajstić information content (AvgIpc) is 1.62. The lowest BCUT2D eigenvalue weighted by Gasteiger charge is -2.46. The zero-order chi connectivity index (χ0) is 85.2. The summed E-state index contributed by atoms with van der Waals surface area (Å²) in [5.41, 5.74) is 49.3. The first kappa shape index (κ1) is 74.1. The van der Waals surface area contributed by atoms with Crippen LogP contribution < -0.4 is 26.2 Å². The monoisotopic (exact) mass is 1630 g/mol. The van der Waals surface area contributed by atoms with E-state index in [4.69, 9.17) is 0 Å². The SMILES string of the molecule is CC(C)(C)c1ccc2c(c1)c1cc(C(C)(C)C)ccc1n2-c1cc2c3c(c1)N(c1ccccc1-c1ccc4c(c1)C1(c5ccccc5-c5ccccc51)c1ccccc1-4)c1cc(-c4ccccc4)c(-c4ccccc4)cc1B3c1cc(-c3ccccc3)c(-c3ccccc3)cc1N2c1ccccc1-c1ccc2c(c1)C1(c3ccccc3-c3ccccc31)c1ccccc1-2. The fourth-order valence-corrected chi connectivity index (χ4v) is 23.7. The maximum atomic E-state index is 2.73. The van der Waals surface area contributed by atoms with Crippen molar-refractivity contribution >= 4 is 79.0 Å². The first-order valence-corrected chi connectivity index (χ1v) is 45.3. The van der Waals surface area contributed by atoms with Gasteiger partial charge in [-0.2, -0.15) is 0 Å². The largest absolute Gasteiger partial charge is 0.311 e. The fraction of sp³-hybridized carbons (Fsp3) is 0.0806. The molecule has 0 fully saturated rings. The number of anilines is 6. The second-order valence-electron chi connectivity index (χ2n) is 38.0. The van der Waals surface area contributed by atoms with Crippen LogP contribution in [0.15, 0.2) is 425 Å². The van der Waals surface area contributed by atoms with Gasteiger partial charge in [-0.05, 0) is 256 Å². The summed E-state index contributed by atoms with van der Waals surface area (Å²) >= 11 is 0. The molecule has 0 saturated carbocycles. The van der Waals surface area contributed by atoms with E-state index in [9.17, 15) is 0 Å². The van der Waals surface area contributed by atoms with Crippen LogP contribution in [0.5, 0.6) is 0 Å². The Morgan fingerprint density at radius 1 is 0.203 bits per heavy atom. The molecule has 2 aliphatic heterocycles. The minimum atomic E-state index is -0.573. The Hall–Kier alpha value is -15.4. The van der Waals surface area contributed by atoms with E-state index in [0.29, 0.717) is 0 Å². The Bertz CT molecular complexity index is 7500. The third kappa shape index (κ3) is 10.5. The van der Waals surface area contributed by atoms with E-state index in [-0.39, 0.29) is 17.5 Å². The molecule has 602 valence electrons. The van der Waals surface area contributed by atoms with Gasteiger partial charge in [0.15, 0.2) is 0 Å². The van der Waals surface area contributed by atoms with Gasteiger partial charge in [0.2, 0.25) is 0 Å². The standard InChI is InChI=1S/C124H88BN3/c1-121(2,3)83-61-65-114-100(69-83)101-70-84(122(4,5)6)62-66-115(101)126(114)85-71-118-120-119(72-85)128(113-58-34-26-44-87(113)82-60-64-95-93-50-24-32-56-107(93)124(109(95)68-82)104-53-29-21-47-90(104)91-48-22-30-54-105(91)124)117-76-99(80-41-17-10-18-42-80)97(78-37-13-8-14-38-78)74-111(117)125(120)110-73-96(77-35-11-7-12-36-77)98(79-39-15-9-16-40-79)75-116(110)127(118)112-57-33-25-43-86(112)81-59-63-94-92-49-23-31-55-106(92)123(108(94)67-81)102-51-27-19-45-88(102)89-46-20-28-52-103(89)123/h7-76H,1-6H3. The maximum absolute atomic E-state index is 2.73. The second-order valence-corrected chi connectivity index (χ2v) is 38.0. The smallest absolute Gasteiger partial charge is 0.252 e. The lowest BCUT2D eigenvalue weighted by Crippen LogP contribution is -2.61. The summed E-state index contributed by atoms with van der Waals surface area (Å²) in [7, 11) is 0. The molecule has 4 aliphatic carbocycles. The first-order chi connectivity index (χ1) is 62.8. The molecule has 3 nitrogen and oxygen atoms in total. The highest BCUT2D eigenvalue weighted by atomic mass is 15.2. The molecule has 6 aliphatic rings. The number of hydrogen-bond acceptors (Lipinski definition) is 2. The Morgan fingerprint density at radius 2 is 0.484 bits per heavy atom. The van der Waals surface area contributed by atoms with Crippen molar-refractivity contribution in [3.63, 3.8) is 0 Å². The highest BCUT2D eigenvalue weighted by Crippen LogP contribution is 2.66. The third-order valence-corrected chi connectivity index (χ3v) is 29.3. The Kier molecular flexibility index (Phi) is 16.0. The quantitative estimate of drug-likeness (QED) is 0.133. The maximum Gasteiger partial charge on any atom is 0.252 e. The molecule has 0 saturated heterocycles. The summed E-state index contributed by atoms with van der Waals surface area (Å²) in [6.07, 6.45) is 0. The van der Waals surface area contributed by atoms with Gasteiger partial charge in [0.1, 0.15) is 0 Å². The van der Waals surface area contributed by atoms with Gasteiger partial charge in [-0.15, -0.1) is 0 Å². The van der Waals surface area contributed by atoms with Crippen molar-refractivity contribution in [2.45, 2.75) is 63.2 Å². The van der Waals surface area contributed by atoms with Crippen molar-refractivity contribution < 1.29 is 0 Å². The van der Waals surface area contributed by atoms with Crippen LogP contribution in [-0.4, -0.2) is 11.3 Å². The molecule has 128 heavy (non-hydrogen) atoms. The van der Waals surface area contributed by atoms with Crippen molar-refractivity contribution in [2.75, 3.05) is 9.80 Å². The number of para-hydroxylation sites is 2. The third-order valence-electron chi connectivity index (χ3n) is 29.3. The van der Waals surface area contributed by atoms with E-state index in [2.05, 4.69) is 481 Å². The lowest BCUT2D eigenvalue weighted by atomic mass is 9.33. The van der Waals surface area contributed by atoms with Crippen LogP contribution in [0.25, 0.3) is 139 Å². The van der Waals surface area contributed by atoms with Gasteiger partial charge in [-0.1, -0.05) is 393 Å². The van der Waals surface area contributed by atoms with E-state index in [1.54, 1.807) is 0 Å². The van der Waals surface area contributed by atoms with Crippen LogP contribution in [0.3, 0.4) is 0 Å². The summed E-state index contributed by atoms with van der Waals surface area (Å²) in [6.45, 7) is 13.8. The second kappa shape index (κ2) is 27.6. The van der Waals surface area contributed by atoms with Crippen LogP contribution >= 0.6 is 0 Å². The molecular formula is C124H88BN3. The van der Waals surface area contributed by atoms with Gasteiger partial charge < -0.3 is 14.4 Å². The van der Waals surface area contributed by atoms with E-state index < -0.39 is 10.8 Å². The molecule has 20 aromatic rings. The predicted octanol–water partition coefficient (Wildman–Crippen LogP) is 30.2. The van der Waals surface area contributed by atoms with E-state index in [1.165, 1.54) is 138 Å². The van der Waals surface area contributed by atoms with Gasteiger partial charge in [0.25, 0.3) is 6.71 Å². The van der Waals surface area contributed by atoms with E-state index in [0.717, 1.165) is 106 Å². The summed E-state index contributed by atoms with van der Waals surface area (Å²) in [5, 5.41) is 2.47. The van der Waals surface area contributed by atoms with Gasteiger partial charge >= 0.3 is 0 Å². The van der Waals surface area contributed by atoms with Gasteiger partial charge in [-0.3, -0.25) is 0 Å². The molecule has 3 heterocycles. The molecule has 4 heteroatoms. The topological polar surface area (TPSA) is 11.4 Å². The molecule has 0 atom stereocenters. The molecule has 1 aromatic heterocycles. The van der Waals surface area contributed by atoms with Crippen LogP contribution in [0.2, 0.25) is 0 Å². The Morgan fingerprint density at radius 3 is 0.805 bits per heavy atom. The summed E-state index contributed by atoms with van der Waals surface area (Å²) in [4.78, 5) is 5.46. The lowest BCUT2D eigenvalue weighted by molar-refractivity contribution is 0.590. The molecule has 0 amide bonds. The fourth-order valence-electron chi connectivity index (χ4n) is 23.7. The molecule has 0 bridgehead atoms. The highest BCUT2D eigenvalue weighted by Gasteiger charge is 2.54. The predicted molar refractivity (Wildman–Crippen MR) is 537 cm³/mol. The number of aromatic nitrogens is 1. The number of rotatable bonds is 9. The molecule has 0 unspecified atom stereocenters. The number of nitrogens with zero attached hydrogens (tertiary/aromatic N) is 3. The van der Waals surface area contributed by atoms with Crippen LogP contribution in [-0.2, 0) is 21.7 Å². The van der Waals surface area contributed by atoms with Crippen molar-refractivity contribution in [3.8, 4) is 117 Å². The van der Waals surface area contributed by atoms with Crippen molar-refractivity contribution in [1.82, 2.24) is 4.57 Å². The van der Waals surface area contributed by atoms with Crippen molar-refractivity contribution in [1.29, 1.82) is 0 Å². The van der Waals surface area contributed by atoms with Crippen molar-refractivity contribution in [3.05, 3.63) is 480 Å². The van der Waals surface area contributed by atoms with Crippen LogP contribution in [0, 0.1) is 0 Å². The normalized spacial score (nSPS) is 13.9. The molecule has 2 spiro atoms. The zero-order valence-electron chi connectivity index (χ0n) is 72.3. The van der Waals surface area contributed by atoms with E-state index in [1.807, 2.05) is 0 Å². The van der Waals surface area contributed by atoms with Crippen LogP contribution in [0.1, 0.15) is 97.2 Å². The Balaban J connectivity index is 0.812. The highest BCUT2D eigenvalue weighted by molar-refractivity contribution is 7.00. The molecule has 19 aromatic carbocycles. The first-order valence-electron chi connectivity index (χ1n) is 45.3. The molecule has 0 radical (unpaired) electrons.